The van der Waals surface area contributed by atoms with Gasteiger partial charge in [0.2, 0.25) is 5.91 Å². The highest BCUT2D eigenvalue weighted by atomic mass is 16.5. The molecule has 0 rings (SSSR count). The highest BCUT2D eigenvalue weighted by molar-refractivity contribution is 5.86. The highest BCUT2D eigenvalue weighted by Crippen LogP contribution is 1.78. The standard InChI is InChI=1S/C12H22N2O3/c1-3-5-13-6-8-16-10-11-17-9-7-14-12(15)4-2/h3-4,13H,1-2,5-11H2,(H,14,15). The molecule has 0 unspecified atom stereocenters. The van der Waals surface area contributed by atoms with E-state index < -0.39 is 0 Å². The molecule has 0 aromatic heterocycles. The molecule has 0 saturated heterocycles. The predicted molar refractivity (Wildman–Crippen MR) is 67.9 cm³/mol. The maximum atomic E-state index is 10.7. The normalized spacial score (nSPS) is 9.88. The fourth-order valence-corrected chi connectivity index (χ4v) is 0.989. The van der Waals surface area contributed by atoms with Gasteiger partial charge in [-0.15, -0.1) is 6.58 Å². The van der Waals surface area contributed by atoms with E-state index in [9.17, 15) is 4.79 Å². The summed E-state index contributed by atoms with van der Waals surface area (Å²) >= 11 is 0. The third-order valence-corrected chi connectivity index (χ3v) is 1.81. The van der Waals surface area contributed by atoms with Crippen LogP contribution in [-0.2, 0) is 14.3 Å². The molecule has 0 aliphatic heterocycles. The lowest BCUT2D eigenvalue weighted by Crippen LogP contribution is -2.26. The lowest BCUT2D eigenvalue weighted by molar-refractivity contribution is -0.116. The molecule has 0 bridgehead atoms. The number of ether oxygens (including phenoxy) is 2. The monoisotopic (exact) mass is 242 g/mol. The van der Waals surface area contributed by atoms with Gasteiger partial charge in [-0.1, -0.05) is 12.7 Å². The average Bonchev–Trinajstić information content (AvgIpc) is 2.35. The van der Waals surface area contributed by atoms with Crippen LogP contribution in [0.3, 0.4) is 0 Å². The van der Waals surface area contributed by atoms with E-state index in [1.54, 1.807) is 6.08 Å². The minimum atomic E-state index is -0.182. The number of carbonyl (C=O) groups excluding carboxylic acids is 1. The molecule has 5 heteroatoms. The average molecular weight is 242 g/mol. The molecule has 0 aromatic rings. The van der Waals surface area contributed by atoms with Crippen molar-refractivity contribution in [3.8, 4) is 0 Å². The molecule has 0 spiro atoms. The molecule has 0 aliphatic carbocycles. The summed E-state index contributed by atoms with van der Waals surface area (Å²) in [4.78, 5) is 10.7. The molecule has 0 atom stereocenters. The van der Waals surface area contributed by atoms with E-state index in [2.05, 4.69) is 23.8 Å². The minimum absolute atomic E-state index is 0.182. The number of nitrogens with one attached hydrogen (secondary N) is 2. The Balaban J connectivity index is 3.01. The van der Waals surface area contributed by atoms with Crippen molar-refractivity contribution in [2.45, 2.75) is 0 Å². The summed E-state index contributed by atoms with van der Waals surface area (Å²) in [5.74, 6) is -0.182. The second kappa shape index (κ2) is 12.9. The number of rotatable bonds is 12. The quantitative estimate of drug-likeness (QED) is 0.289. The first-order valence-electron chi connectivity index (χ1n) is 5.68. The molecule has 0 saturated carbocycles. The van der Waals surface area contributed by atoms with Crippen LogP contribution in [0.15, 0.2) is 25.3 Å². The van der Waals surface area contributed by atoms with Crippen LogP contribution in [0.2, 0.25) is 0 Å². The van der Waals surface area contributed by atoms with Gasteiger partial charge in [0.05, 0.1) is 26.4 Å². The SMILES string of the molecule is C=CCNCCOCCOCCNC(=O)C=C. The zero-order valence-electron chi connectivity index (χ0n) is 10.2. The number of hydrogen-bond donors (Lipinski definition) is 2. The van der Waals surface area contributed by atoms with Gasteiger partial charge in [0.1, 0.15) is 0 Å². The third-order valence-electron chi connectivity index (χ3n) is 1.81. The van der Waals surface area contributed by atoms with Crippen molar-refractivity contribution in [2.24, 2.45) is 0 Å². The molecular formula is C12H22N2O3. The van der Waals surface area contributed by atoms with E-state index in [-0.39, 0.29) is 5.91 Å². The second-order valence-corrected chi connectivity index (χ2v) is 3.21. The Morgan fingerprint density at radius 2 is 1.71 bits per heavy atom. The largest absolute Gasteiger partial charge is 0.378 e. The van der Waals surface area contributed by atoms with Gasteiger partial charge in [0.25, 0.3) is 0 Å². The summed E-state index contributed by atoms with van der Waals surface area (Å²) in [6.45, 7) is 11.3. The van der Waals surface area contributed by atoms with Crippen molar-refractivity contribution in [1.82, 2.24) is 10.6 Å². The second-order valence-electron chi connectivity index (χ2n) is 3.21. The van der Waals surface area contributed by atoms with Crippen LogP contribution in [0.25, 0.3) is 0 Å². The van der Waals surface area contributed by atoms with E-state index >= 15 is 0 Å². The molecule has 0 radical (unpaired) electrons. The number of carbonyl (C=O) groups is 1. The zero-order valence-corrected chi connectivity index (χ0v) is 10.2. The van der Waals surface area contributed by atoms with Crippen LogP contribution in [0.1, 0.15) is 0 Å². The van der Waals surface area contributed by atoms with Crippen molar-refractivity contribution in [2.75, 3.05) is 46.1 Å². The van der Waals surface area contributed by atoms with Crippen LogP contribution in [0.5, 0.6) is 0 Å². The van der Waals surface area contributed by atoms with Crippen molar-refractivity contribution >= 4 is 5.91 Å². The molecular weight excluding hydrogens is 220 g/mol. The Bertz CT molecular complexity index is 220. The van der Waals surface area contributed by atoms with Crippen LogP contribution in [0, 0.1) is 0 Å². The van der Waals surface area contributed by atoms with E-state index in [0.717, 1.165) is 13.1 Å². The molecule has 0 aromatic carbocycles. The summed E-state index contributed by atoms with van der Waals surface area (Å²) in [7, 11) is 0. The van der Waals surface area contributed by atoms with Gasteiger partial charge >= 0.3 is 0 Å². The van der Waals surface area contributed by atoms with Gasteiger partial charge in [-0.25, -0.2) is 0 Å². The fraction of sp³-hybridized carbons (Fsp3) is 0.583. The van der Waals surface area contributed by atoms with Crippen LogP contribution >= 0.6 is 0 Å². The van der Waals surface area contributed by atoms with Gasteiger partial charge in [-0.05, 0) is 6.08 Å². The van der Waals surface area contributed by atoms with Crippen LogP contribution in [0.4, 0.5) is 0 Å². The summed E-state index contributed by atoms with van der Waals surface area (Å²) in [5.41, 5.74) is 0. The van der Waals surface area contributed by atoms with Gasteiger partial charge in [-0.2, -0.15) is 0 Å². The van der Waals surface area contributed by atoms with E-state index in [1.165, 1.54) is 6.08 Å². The summed E-state index contributed by atoms with van der Waals surface area (Å²) in [5, 5.41) is 5.74. The minimum Gasteiger partial charge on any atom is -0.378 e. The molecule has 17 heavy (non-hydrogen) atoms. The molecule has 98 valence electrons. The topological polar surface area (TPSA) is 59.6 Å². The van der Waals surface area contributed by atoms with E-state index in [0.29, 0.717) is 33.0 Å². The van der Waals surface area contributed by atoms with Crippen LogP contribution in [-0.4, -0.2) is 52.0 Å². The van der Waals surface area contributed by atoms with Crippen LogP contribution < -0.4 is 10.6 Å². The first kappa shape index (κ1) is 15.8. The molecule has 0 heterocycles. The van der Waals surface area contributed by atoms with Crippen molar-refractivity contribution in [3.63, 3.8) is 0 Å². The van der Waals surface area contributed by atoms with Gasteiger partial charge in [0, 0.05) is 19.6 Å². The Labute approximate surface area is 103 Å². The Kier molecular flexibility index (Phi) is 12.0. The van der Waals surface area contributed by atoms with Crippen molar-refractivity contribution < 1.29 is 14.3 Å². The van der Waals surface area contributed by atoms with Crippen molar-refractivity contribution in [1.29, 1.82) is 0 Å². The first-order valence-corrected chi connectivity index (χ1v) is 5.68. The fourth-order valence-electron chi connectivity index (χ4n) is 0.989. The molecule has 2 N–H and O–H groups in total. The summed E-state index contributed by atoms with van der Waals surface area (Å²) in [6.07, 6.45) is 3.04. The molecule has 0 fully saturated rings. The number of amides is 1. The van der Waals surface area contributed by atoms with Gasteiger partial charge in [-0.3, -0.25) is 4.79 Å². The summed E-state index contributed by atoms with van der Waals surface area (Å²) in [6, 6.07) is 0. The Morgan fingerprint density at radius 1 is 1.06 bits per heavy atom. The smallest absolute Gasteiger partial charge is 0.243 e. The van der Waals surface area contributed by atoms with E-state index in [4.69, 9.17) is 9.47 Å². The van der Waals surface area contributed by atoms with E-state index in [1.807, 2.05) is 0 Å². The maximum Gasteiger partial charge on any atom is 0.243 e. The Morgan fingerprint density at radius 3 is 2.29 bits per heavy atom. The Hall–Kier alpha value is -1.17. The summed E-state index contributed by atoms with van der Waals surface area (Å²) < 4.78 is 10.5. The third kappa shape index (κ3) is 12.8. The van der Waals surface area contributed by atoms with Gasteiger partial charge < -0.3 is 20.1 Å². The lowest BCUT2D eigenvalue weighted by atomic mass is 10.5. The lowest BCUT2D eigenvalue weighted by Gasteiger charge is -2.06. The zero-order chi connectivity index (χ0) is 12.8. The molecule has 1 amide bonds. The van der Waals surface area contributed by atoms with Gasteiger partial charge in [0.15, 0.2) is 0 Å². The molecule has 5 nitrogen and oxygen atoms in total. The van der Waals surface area contributed by atoms with Crippen molar-refractivity contribution in [3.05, 3.63) is 25.3 Å². The number of hydrogen-bond acceptors (Lipinski definition) is 4. The maximum absolute atomic E-state index is 10.7. The highest BCUT2D eigenvalue weighted by Gasteiger charge is 1.93. The predicted octanol–water partition coefficient (Wildman–Crippen LogP) is 0.0974. The first-order chi connectivity index (χ1) is 8.31. The molecule has 0 aliphatic rings.